The summed E-state index contributed by atoms with van der Waals surface area (Å²) in [5, 5.41) is 6.80. The Morgan fingerprint density at radius 3 is 2.79 bits per heavy atom. The van der Waals surface area contributed by atoms with E-state index in [-0.39, 0.29) is 11.9 Å². The zero-order chi connectivity index (χ0) is 16.6. The molecular formula is C17H24N4O3. The van der Waals surface area contributed by atoms with Crippen LogP contribution in [0.25, 0.3) is 0 Å². The van der Waals surface area contributed by atoms with Gasteiger partial charge in [-0.15, -0.1) is 0 Å². The first-order valence-corrected chi connectivity index (χ1v) is 8.83. The van der Waals surface area contributed by atoms with Gasteiger partial charge in [0.15, 0.2) is 0 Å². The van der Waals surface area contributed by atoms with Crippen molar-refractivity contribution in [2.24, 2.45) is 11.3 Å². The van der Waals surface area contributed by atoms with Gasteiger partial charge in [-0.05, 0) is 43.1 Å². The number of nitrogens with one attached hydrogen (secondary N) is 1. The first-order chi connectivity index (χ1) is 11.7. The summed E-state index contributed by atoms with van der Waals surface area (Å²) in [6, 6.07) is 1.70. The van der Waals surface area contributed by atoms with E-state index >= 15 is 0 Å². The predicted octanol–water partition coefficient (Wildman–Crippen LogP) is 1.77. The highest BCUT2D eigenvalue weighted by Crippen LogP contribution is 2.53. The average Bonchev–Trinajstić information content (AvgIpc) is 3.10. The zero-order valence-corrected chi connectivity index (χ0v) is 13.9. The molecule has 0 aromatic carbocycles. The minimum Gasteiger partial charge on any atom is -0.381 e. The lowest BCUT2D eigenvalue weighted by Gasteiger charge is -2.53. The van der Waals surface area contributed by atoms with Crippen LogP contribution in [0.4, 0.5) is 4.79 Å². The normalized spacial score (nSPS) is 26.8. The van der Waals surface area contributed by atoms with Crippen LogP contribution in [0, 0.1) is 11.3 Å². The standard InChI is InChI=1S/C17H24N4O3/c22-15-3-8-20(12-14-2-7-18-19-14)16(23)21(15)11-13-1-4-17(13)5-9-24-10-6-17/h2,7,13H,1,3-6,8-12H2,(H,18,19). The Morgan fingerprint density at radius 1 is 1.29 bits per heavy atom. The van der Waals surface area contributed by atoms with E-state index in [4.69, 9.17) is 4.74 Å². The molecule has 0 radical (unpaired) electrons. The van der Waals surface area contributed by atoms with Crippen LogP contribution < -0.4 is 0 Å². The molecule has 1 spiro atoms. The van der Waals surface area contributed by atoms with E-state index in [1.807, 2.05) is 6.07 Å². The summed E-state index contributed by atoms with van der Waals surface area (Å²) < 4.78 is 5.49. The maximum atomic E-state index is 12.8. The molecule has 3 heterocycles. The van der Waals surface area contributed by atoms with Crippen molar-refractivity contribution in [1.29, 1.82) is 0 Å². The number of aromatic nitrogens is 2. The molecule has 1 saturated carbocycles. The quantitative estimate of drug-likeness (QED) is 0.911. The lowest BCUT2D eigenvalue weighted by molar-refractivity contribution is -0.135. The molecule has 3 fully saturated rings. The van der Waals surface area contributed by atoms with Crippen molar-refractivity contribution >= 4 is 11.9 Å². The fourth-order valence-electron chi connectivity index (χ4n) is 4.34. The largest absolute Gasteiger partial charge is 0.381 e. The van der Waals surface area contributed by atoms with Gasteiger partial charge in [0, 0.05) is 38.9 Å². The number of carbonyl (C=O) groups excluding carboxylic acids is 2. The van der Waals surface area contributed by atoms with Crippen LogP contribution in [0.1, 0.15) is 37.8 Å². The van der Waals surface area contributed by atoms with Gasteiger partial charge in [-0.2, -0.15) is 5.10 Å². The van der Waals surface area contributed by atoms with Gasteiger partial charge in [-0.3, -0.25) is 14.8 Å². The van der Waals surface area contributed by atoms with Crippen LogP contribution in [-0.4, -0.2) is 58.2 Å². The monoisotopic (exact) mass is 332 g/mol. The molecule has 7 nitrogen and oxygen atoms in total. The van der Waals surface area contributed by atoms with Crippen LogP contribution in [0.15, 0.2) is 12.3 Å². The van der Waals surface area contributed by atoms with E-state index < -0.39 is 0 Å². The average molecular weight is 332 g/mol. The van der Waals surface area contributed by atoms with Gasteiger partial charge in [0.1, 0.15) is 0 Å². The molecule has 1 aromatic heterocycles. The number of amides is 3. The van der Waals surface area contributed by atoms with E-state index in [2.05, 4.69) is 10.2 Å². The van der Waals surface area contributed by atoms with E-state index in [9.17, 15) is 9.59 Å². The van der Waals surface area contributed by atoms with E-state index in [0.29, 0.717) is 37.4 Å². The molecule has 1 atom stereocenters. The van der Waals surface area contributed by atoms with Crippen LogP contribution in [-0.2, 0) is 16.1 Å². The lowest BCUT2D eigenvalue weighted by Crippen LogP contribution is -2.57. The lowest BCUT2D eigenvalue weighted by atomic mass is 9.56. The Balaban J connectivity index is 1.43. The van der Waals surface area contributed by atoms with Crippen molar-refractivity contribution in [1.82, 2.24) is 20.0 Å². The molecule has 24 heavy (non-hydrogen) atoms. The molecule has 2 aliphatic heterocycles. The summed E-state index contributed by atoms with van der Waals surface area (Å²) >= 11 is 0. The third-order valence-electron chi connectivity index (χ3n) is 6.07. The number of imide groups is 1. The highest BCUT2D eigenvalue weighted by molar-refractivity contribution is 5.96. The van der Waals surface area contributed by atoms with Gasteiger partial charge in [0.2, 0.25) is 5.91 Å². The van der Waals surface area contributed by atoms with E-state index in [0.717, 1.165) is 38.2 Å². The van der Waals surface area contributed by atoms with E-state index in [1.54, 1.807) is 11.1 Å². The molecule has 3 amide bonds. The minimum atomic E-state index is -0.157. The number of hydrogen-bond donors (Lipinski definition) is 1. The Bertz CT molecular complexity index is 609. The molecular weight excluding hydrogens is 308 g/mol. The molecule has 1 aliphatic carbocycles. The number of nitrogens with zero attached hydrogens (tertiary/aromatic N) is 3. The second-order valence-electron chi connectivity index (χ2n) is 7.25. The van der Waals surface area contributed by atoms with Gasteiger partial charge < -0.3 is 9.64 Å². The zero-order valence-electron chi connectivity index (χ0n) is 13.9. The highest BCUT2D eigenvalue weighted by atomic mass is 16.5. The van der Waals surface area contributed by atoms with Gasteiger partial charge in [0.05, 0.1) is 12.2 Å². The maximum absolute atomic E-state index is 12.8. The van der Waals surface area contributed by atoms with Gasteiger partial charge >= 0.3 is 6.03 Å². The van der Waals surface area contributed by atoms with Crippen molar-refractivity contribution in [3.63, 3.8) is 0 Å². The fraction of sp³-hybridized carbons (Fsp3) is 0.706. The highest BCUT2D eigenvalue weighted by Gasteiger charge is 2.49. The van der Waals surface area contributed by atoms with Crippen molar-refractivity contribution in [2.45, 2.75) is 38.6 Å². The van der Waals surface area contributed by atoms with Crippen molar-refractivity contribution in [2.75, 3.05) is 26.3 Å². The predicted molar refractivity (Wildman–Crippen MR) is 85.9 cm³/mol. The van der Waals surface area contributed by atoms with Crippen molar-refractivity contribution in [3.8, 4) is 0 Å². The van der Waals surface area contributed by atoms with Crippen LogP contribution in [0.2, 0.25) is 0 Å². The maximum Gasteiger partial charge on any atom is 0.327 e. The number of H-pyrrole nitrogens is 1. The number of aromatic amines is 1. The molecule has 2 saturated heterocycles. The van der Waals surface area contributed by atoms with Crippen molar-refractivity contribution in [3.05, 3.63) is 18.0 Å². The summed E-state index contributed by atoms with van der Waals surface area (Å²) in [4.78, 5) is 28.3. The van der Waals surface area contributed by atoms with Gasteiger partial charge in [-0.1, -0.05) is 0 Å². The summed E-state index contributed by atoms with van der Waals surface area (Å²) in [7, 11) is 0. The fourth-order valence-corrected chi connectivity index (χ4v) is 4.34. The first-order valence-electron chi connectivity index (χ1n) is 8.83. The SMILES string of the molecule is O=C1CCN(Cc2ccn[nH]2)C(=O)N1CC1CCC12CCOCC2. The minimum absolute atomic E-state index is 0.0324. The number of hydrogen-bond acceptors (Lipinski definition) is 4. The molecule has 7 heteroatoms. The van der Waals surface area contributed by atoms with Crippen LogP contribution in [0.3, 0.4) is 0 Å². The van der Waals surface area contributed by atoms with Gasteiger partial charge in [-0.25, -0.2) is 4.79 Å². The van der Waals surface area contributed by atoms with E-state index in [1.165, 1.54) is 11.3 Å². The smallest absolute Gasteiger partial charge is 0.327 e. The second kappa shape index (κ2) is 6.20. The molecule has 3 aliphatic rings. The van der Waals surface area contributed by atoms with Gasteiger partial charge in [0.25, 0.3) is 0 Å². The molecule has 1 aromatic rings. The number of carbonyl (C=O) groups is 2. The third kappa shape index (κ3) is 2.70. The third-order valence-corrected chi connectivity index (χ3v) is 6.07. The second-order valence-corrected chi connectivity index (χ2v) is 7.25. The molecule has 0 bridgehead atoms. The first kappa shape index (κ1) is 15.6. The van der Waals surface area contributed by atoms with Crippen LogP contribution in [0.5, 0.6) is 0 Å². The topological polar surface area (TPSA) is 78.5 Å². The summed E-state index contributed by atoms with van der Waals surface area (Å²) in [6.45, 7) is 3.15. The molecule has 1 unspecified atom stereocenters. The Kier molecular flexibility index (Phi) is 4.04. The molecule has 130 valence electrons. The molecule has 4 rings (SSSR count). The number of rotatable bonds is 4. The number of urea groups is 1. The Labute approximate surface area is 141 Å². The molecule has 1 N–H and O–H groups in total. The summed E-state index contributed by atoms with van der Waals surface area (Å²) in [6.07, 6.45) is 6.52. The number of ether oxygens (including phenoxy) is 1. The van der Waals surface area contributed by atoms with Crippen molar-refractivity contribution < 1.29 is 14.3 Å². The summed E-state index contributed by atoms with van der Waals surface area (Å²) in [5.74, 6) is 0.399. The van der Waals surface area contributed by atoms with Crippen LogP contribution >= 0.6 is 0 Å². The summed E-state index contributed by atoms with van der Waals surface area (Å²) in [5.41, 5.74) is 1.19. The Morgan fingerprint density at radius 2 is 2.12 bits per heavy atom. The Hall–Kier alpha value is -1.89.